The quantitative estimate of drug-likeness (QED) is 0.666. The smallest absolute Gasteiger partial charge is 0.338 e. The first-order chi connectivity index (χ1) is 6.70. The van der Waals surface area contributed by atoms with E-state index in [2.05, 4.69) is 0 Å². The van der Waals surface area contributed by atoms with Crippen LogP contribution in [0.2, 0.25) is 0 Å². The molecule has 0 aliphatic heterocycles. The molecule has 1 aromatic carbocycles. The molecule has 0 spiro atoms. The van der Waals surface area contributed by atoms with E-state index in [1.54, 1.807) is 6.07 Å². The van der Waals surface area contributed by atoms with Crippen molar-refractivity contribution in [2.45, 2.75) is 25.7 Å². The Kier molecular flexibility index (Phi) is 2.15. The number of aryl methyl sites for hydroxylation is 1. The summed E-state index contributed by atoms with van der Waals surface area (Å²) in [4.78, 5) is 11.0. The molecule has 1 aromatic rings. The van der Waals surface area contributed by atoms with Crippen LogP contribution in [0, 0.1) is 0 Å². The molecule has 74 valence electrons. The molecule has 1 aliphatic carbocycles. The minimum absolute atomic E-state index is 0.321. The lowest BCUT2D eigenvalue weighted by Gasteiger charge is -2.18. The number of fused-ring (bicyclic) bond motifs is 1. The summed E-state index contributed by atoms with van der Waals surface area (Å²) in [5.74, 6) is -0.902. The van der Waals surface area contributed by atoms with Crippen molar-refractivity contribution in [1.82, 2.24) is 0 Å². The molecule has 0 atom stereocenters. The van der Waals surface area contributed by atoms with E-state index in [9.17, 15) is 4.79 Å². The lowest BCUT2D eigenvalue weighted by molar-refractivity contribution is 0.0696. The number of hydrogen-bond acceptors (Lipinski definition) is 2. The van der Waals surface area contributed by atoms with Gasteiger partial charge >= 0.3 is 5.97 Å². The van der Waals surface area contributed by atoms with Gasteiger partial charge in [0.15, 0.2) is 0 Å². The largest absolute Gasteiger partial charge is 0.478 e. The SMILES string of the molecule is Nc1ccc2c(c1C(=O)O)CCCC2. The molecule has 1 aliphatic rings. The number of carboxylic acids is 1. The second kappa shape index (κ2) is 3.33. The zero-order valence-electron chi connectivity index (χ0n) is 7.92. The molecule has 0 aromatic heterocycles. The van der Waals surface area contributed by atoms with Crippen LogP contribution >= 0.6 is 0 Å². The van der Waals surface area contributed by atoms with Crippen LogP contribution in [0.5, 0.6) is 0 Å². The van der Waals surface area contributed by atoms with E-state index in [0.717, 1.165) is 36.8 Å². The highest BCUT2D eigenvalue weighted by molar-refractivity contribution is 5.95. The first-order valence-corrected chi connectivity index (χ1v) is 4.83. The molecule has 3 heteroatoms. The van der Waals surface area contributed by atoms with Gasteiger partial charge in [0.1, 0.15) is 0 Å². The highest BCUT2D eigenvalue weighted by atomic mass is 16.4. The van der Waals surface area contributed by atoms with Gasteiger partial charge in [-0.15, -0.1) is 0 Å². The van der Waals surface area contributed by atoms with Crippen molar-refractivity contribution < 1.29 is 9.90 Å². The molecule has 0 heterocycles. The summed E-state index contributed by atoms with van der Waals surface area (Å²) < 4.78 is 0. The predicted octanol–water partition coefficient (Wildman–Crippen LogP) is 1.85. The van der Waals surface area contributed by atoms with Crippen LogP contribution in [-0.4, -0.2) is 11.1 Å². The van der Waals surface area contributed by atoms with Crippen molar-refractivity contribution in [3.05, 3.63) is 28.8 Å². The van der Waals surface area contributed by atoms with Crippen LogP contribution in [-0.2, 0) is 12.8 Å². The Morgan fingerprint density at radius 2 is 2.00 bits per heavy atom. The van der Waals surface area contributed by atoms with Gasteiger partial charge in [-0.3, -0.25) is 0 Å². The zero-order chi connectivity index (χ0) is 10.1. The van der Waals surface area contributed by atoms with E-state index < -0.39 is 5.97 Å². The third kappa shape index (κ3) is 1.35. The molecule has 3 N–H and O–H groups in total. The topological polar surface area (TPSA) is 63.3 Å². The van der Waals surface area contributed by atoms with E-state index in [-0.39, 0.29) is 0 Å². The normalized spacial score (nSPS) is 14.9. The standard InChI is InChI=1S/C11H13NO2/c12-9-6-5-7-3-1-2-4-8(7)10(9)11(13)14/h5-6H,1-4,12H2,(H,13,14). The molecule has 0 radical (unpaired) electrons. The maximum atomic E-state index is 11.0. The van der Waals surface area contributed by atoms with Gasteiger partial charge in [-0.2, -0.15) is 0 Å². The van der Waals surface area contributed by atoms with Crippen LogP contribution in [0.25, 0.3) is 0 Å². The molecule has 0 bridgehead atoms. The van der Waals surface area contributed by atoms with E-state index in [0.29, 0.717) is 11.3 Å². The first-order valence-electron chi connectivity index (χ1n) is 4.83. The van der Waals surface area contributed by atoms with Crippen LogP contribution in [0.3, 0.4) is 0 Å². The van der Waals surface area contributed by atoms with Crippen molar-refractivity contribution in [2.75, 3.05) is 5.73 Å². The van der Waals surface area contributed by atoms with Gasteiger partial charge < -0.3 is 10.8 Å². The number of carboxylic acid groups (broad SMARTS) is 1. The number of nitrogens with two attached hydrogens (primary N) is 1. The van der Waals surface area contributed by atoms with Gasteiger partial charge in [0, 0.05) is 5.69 Å². The van der Waals surface area contributed by atoms with Gasteiger partial charge in [0.05, 0.1) is 5.56 Å². The Balaban J connectivity index is 2.60. The van der Waals surface area contributed by atoms with Crippen molar-refractivity contribution in [1.29, 1.82) is 0 Å². The summed E-state index contributed by atoms with van der Waals surface area (Å²) >= 11 is 0. The molecule has 0 saturated carbocycles. The van der Waals surface area contributed by atoms with Gasteiger partial charge in [-0.25, -0.2) is 4.79 Å². The number of hydrogen-bond donors (Lipinski definition) is 2. The van der Waals surface area contributed by atoms with E-state index >= 15 is 0 Å². The van der Waals surface area contributed by atoms with Gasteiger partial charge in [0.25, 0.3) is 0 Å². The molecular weight excluding hydrogens is 178 g/mol. The van der Waals surface area contributed by atoms with E-state index in [4.69, 9.17) is 10.8 Å². The number of aromatic carboxylic acids is 1. The number of anilines is 1. The van der Waals surface area contributed by atoms with Crippen molar-refractivity contribution in [2.24, 2.45) is 0 Å². The van der Waals surface area contributed by atoms with Crippen molar-refractivity contribution >= 4 is 11.7 Å². The maximum Gasteiger partial charge on any atom is 0.338 e. The Hall–Kier alpha value is -1.51. The van der Waals surface area contributed by atoms with Gasteiger partial charge in [-0.05, 0) is 42.9 Å². The predicted molar refractivity (Wildman–Crippen MR) is 54.5 cm³/mol. The number of rotatable bonds is 1. The second-order valence-electron chi connectivity index (χ2n) is 3.68. The summed E-state index contributed by atoms with van der Waals surface area (Å²) in [6.45, 7) is 0. The molecule has 0 amide bonds. The fourth-order valence-corrected chi connectivity index (χ4v) is 2.10. The minimum Gasteiger partial charge on any atom is -0.478 e. The van der Waals surface area contributed by atoms with Crippen LogP contribution in [0.4, 0.5) is 5.69 Å². The molecule has 3 nitrogen and oxygen atoms in total. The third-order valence-electron chi connectivity index (χ3n) is 2.78. The lowest BCUT2D eigenvalue weighted by Crippen LogP contribution is -2.12. The molecule has 14 heavy (non-hydrogen) atoms. The number of nitrogen functional groups attached to an aromatic ring is 1. The van der Waals surface area contributed by atoms with Crippen LogP contribution < -0.4 is 5.73 Å². The third-order valence-corrected chi connectivity index (χ3v) is 2.78. The Morgan fingerprint density at radius 1 is 1.29 bits per heavy atom. The zero-order valence-corrected chi connectivity index (χ0v) is 7.92. The molecule has 0 unspecified atom stereocenters. The average molecular weight is 191 g/mol. The Bertz CT molecular complexity index is 385. The average Bonchev–Trinajstić information content (AvgIpc) is 2.17. The first kappa shape index (κ1) is 9.06. The molecular formula is C11H13NO2. The summed E-state index contributed by atoms with van der Waals surface area (Å²) in [5.41, 5.74) is 8.48. The fraction of sp³-hybridized carbons (Fsp3) is 0.364. The minimum atomic E-state index is -0.902. The van der Waals surface area contributed by atoms with Crippen LogP contribution in [0.15, 0.2) is 12.1 Å². The van der Waals surface area contributed by atoms with E-state index in [1.165, 1.54) is 0 Å². The summed E-state index contributed by atoms with van der Waals surface area (Å²) in [7, 11) is 0. The number of benzene rings is 1. The van der Waals surface area contributed by atoms with Crippen molar-refractivity contribution in [3.63, 3.8) is 0 Å². The van der Waals surface area contributed by atoms with Gasteiger partial charge in [-0.1, -0.05) is 6.07 Å². The van der Waals surface area contributed by atoms with E-state index in [1.807, 2.05) is 6.07 Å². The number of carbonyl (C=O) groups is 1. The molecule has 2 rings (SSSR count). The summed E-state index contributed by atoms with van der Waals surface area (Å²) in [5, 5.41) is 9.04. The Morgan fingerprint density at radius 3 is 2.71 bits per heavy atom. The van der Waals surface area contributed by atoms with Crippen molar-refractivity contribution in [3.8, 4) is 0 Å². The highest BCUT2D eigenvalue weighted by Crippen LogP contribution is 2.28. The second-order valence-corrected chi connectivity index (χ2v) is 3.68. The molecule has 0 fully saturated rings. The summed E-state index contributed by atoms with van der Waals surface area (Å²) in [6.07, 6.45) is 4.05. The summed E-state index contributed by atoms with van der Waals surface area (Å²) in [6, 6.07) is 3.66. The molecule has 0 saturated heterocycles. The van der Waals surface area contributed by atoms with Crippen LogP contribution in [0.1, 0.15) is 34.3 Å². The van der Waals surface area contributed by atoms with Gasteiger partial charge in [0.2, 0.25) is 0 Å². The monoisotopic (exact) mass is 191 g/mol. The Labute approximate surface area is 82.5 Å². The fourth-order valence-electron chi connectivity index (χ4n) is 2.10. The lowest BCUT2D eigenvalue weighted by atomic mass is 9.87. The highest BCUT2D eigenvalue weighted by Gasteiger charge is 2.19. The maximum absolute atomic E-state index is 11.0.